The van der Waals surface area contributed by atoms with E-state index in [1.807, 2.05) is 34.6 Å². The molecular weight excluding hydrogens is 206 g/mol. The Hall–Kier alpha value is -1.06. The zero-order valence-electron chi connectivity index (χ0n) is 10.9. The van der Waals surface area contributed by atoms with Crippen molar-refractivity contribution in [3.63, 3.8) is 0 Å². The molecule has 0 fully saturated rings. The third kappa shape index (κ3) is 7.26. The number of primary amides is 1. The minimum Gasteiger partial charge on any atom is -0.460 e. The fourth-order valence-corrected chi connectivity index (χ4v) is 1.40. The fraction of sp³-hybridized carbons (Fsp3) is 0.833. The molecule has 4 heteroatoms. The molecule has 0 aliphatic carbocycles. The Balaban J connectivity index is 4.30. The lowest BCUT2D eigenvalue weighted by Crippen LogP contribution is -2.28. The van der Waals surface area contributed by atoms with Crippen molar-refractivity contribution in [3.8, 4) is 0 Å². The molecule has 16 heavy (non-hydrogen) atoms. The van der Waals surface area contributed by atoms with E-state index in [1.54, 1.807) is 0 Å². The number of esters is 1. The number of carbonyl (C=O) groups excluding carboxylic acids is 2. The molecule has 4 nitrogen and oxygen atoms in total. The van der Waals surface area contributed by atoms with Gasteiger partial charge in [-0.3, -0.25) is 9.59 Å². The lowest BCUT2D eigenvalue weighted by atomic mass is 9.89. The van der Waals surface area contributed by atoms with Crippen LogP contribution in [-0.2, 0) is 14.3 Å². The van der Waals surface area contributed by atoms with Crippen molar-refractivity contribution in [2.24, 2.45) is 17.6 Å². The summed E-state index contributed by atoms with van der Waals surface area (Å²) in [6, 6.07) is 0. The van der Waals surface area contributed by atoms with Crippen molar-refractivity contribution >= 4 is 11.9 Å². The molecule has 2 N–H and O–H groups in total. The van der Waals surface area contributed by atoms with E-state index in [4.69, 9.17) is 10.5 Å². The Morgan fingerprint density at radius 3 is 2.00 bits per heavy atom. The number of ether oxygens (including phenoxy) is 1. The highest BCUT2D eigenvalue weighted by molar-refractivity contribution is 5.76. The van der Waals surface area contributed by atoms with Crippen molar-refractivity contribution in [2.75, 3.05) is 0 Å². The summed E-state index contributed by atoms with van der Waals surface area (Å²) < 4.78 is 5.21. The molecule has 0 heterocycles. The zero-order valence-corrected chi connectivity index (χ0v) is 10.9. The lowest BCUT2D eigenvalue weighted by molar-refractivity contribution is -0.156. The van der Waals surface area contributed by atoms with E-state index in [-0.39, 0.29) is 36.6 Å². The van der Waals surface area contributed by atoms with E-state index >= 15 is 0 Å². The standard InChI is InChI=1S/C12H23NO3/c1-8(2)9(6-10(13)14)7-11(15)16-12(3,4)5/h8-9H,6-7H2,1-5H3,(H2,13,14)/t9-/m1/s1. The van der Waals surface area contributed by atoms with Crippen LogP contribution in [0.15, 0.2) is 0 Å². The van der Waals surface area contributed by atoms with Crippen LogP contribution in [0, 0.1) is 11.8 Å². The molecule has 0 aromatic carbocycles. The number of hydrogen-bond acceptors (Lipinski definition) is 3. The van der Waals surface area contributed by atoms with Gasteiger partial charge in [0, 0.05) is 12.8 Å². The highest BCUT2D eigenvalue weighted by Gasteiger charge is 2.23. The minimum atomic E-state index is -0.481. The maximum atomic E-state index is 11.6. The predicted molar refractivity (Wildman–Crippen MR) is 62.6 cm³/mol. The average Bonchev–Trinajstić information content (AvgIpc) is 1.97. The van der Waals surface area contributed by atoms with Gasteiger partial charge in [-0.15, -0.1) is 0 Å². The van der Waals surface area contributed by atoms with Gasteiger partial charge in [0.05, 0.1) is 0 Å². The normalized spacial score (nSPS) is 13.6. The third-order valence-electron chi connectivity index (χ3n) is 2.26. The average molecular weight is 229 g/mol. The van der Waals surface area contributed by atoms with Gasteiger partial charge in [-0.05, 0) is 32.6 Å². The Bertz CT molecular complexity index is 253. The number of hydrogen-bond donors (Lipinski definition) is 1. The first kappa shape index (κ1) is 14.9. The summed E-state index contributed by atoms with van der Waals surface area (Å²) in [4.78, 5) is 22.4. The number of carbonyl (C=O) groups is 2. The largest absolute Gasteiger partial charge is 0.460 e. The molecule has 1 amide bonds. The second-order valence-electron chi connectivity index (χ2n) is 5.47. The molecule has 0 aromatic heterocycles. The van der Waals surface area contributed by atoms with Crippen LogP contribution in [0.5, 0.6) is 0 Å². The molecule has 0 radical (unpaired) electrons. The van der Waals surface area contributed by atoms with Crippen LogP contribution in [0.1, 0.15) is 47.5 Å². The summed E-state index contributed by atoms with van der Waals surface area (Å²) >= 11 is 0. The van der Waals surface area contributed by atoms with Gasteiger partial charge in [-0.2, -0.15) is 0 Å². The molecular formula is C12H23NO3. The van der Waals surface area contributed by atoms with Gasteiger partial charge in [0.15, 0.2) is 0 Å². The van der Waals surface area contributed by atoms with Gasteiger partial charge in [-0.25, -0.2) is 0 Å². The van der Waals surface area contributed by atoms with Crippen LogP contribution in [-0.4, -0.2) is 17.5 Å². The predicted octanol–water partition coefficient (Wildman–Crippen LogP) is 1.87. The summed E-state index contributed by atoms with van der Waals surface area (Å²) in [5, 5.41) is 0. The summed E-state index contributed by atoms with van der Waals surface area (Å²) in [5.74, 6) is -0.443. The first-order valence-corrected chi connectivity index (χ1v) is 5.62. The topological polar surface area (TPSA) is 69.4 Å². The maximum Gasteiger partial charge on any atom is 0.306 e. The number of nitrogens with two attached hydrogens (primary N) is 1. The number of rotatable bonds is 5. The molecule has 0 saturated carbocycles. The molecule has 0 aliphatic heterocycles. The molecule has 0 bridgehead atoms. The van der Waals surface area contributed by atoms with Gasteiger partial charge < -0.3 is 10.5 Å². The van der Waals surface area contributed by atoms with Gasteiger partial charge in [0.1, 0.15) is 5.60 Å². The maximum absolute atomic E-state index is 11.6. The van der Waals surface area contributed by atoms with Crippen molar-refractivity contribution in [1.82, 2.24) is 0 Å². The van der Waals surface area contributed by atoms with Crippen molar-refractivity contribution in [3.05, 3.63) is 0 Å². The zero-order chi connectivity index (χ0) is 12.9. The van der Waals surface area contributed by atoms with Crippen molar-refractivity contribution in [1.29, 1.82) is 0 Å². The summed E-state index contributed by atoms with van der Waals surface area (Å²) in [6.07, 6.45) is 0.481. The van der Waals surface area contributed by atoms with E-state index in [0.29, 0.717) is 0 Å². The van der Waals surface area contributed by atoms with Crippen molar-refractivity contribution in [2.45, 2.75) is 53.1 Å². The van der Waals surface area contributed by atoms with Gasteiger partial charge in [0.2, 0.25) is 5.91 Å². The molecule has 0 aliphatic rings. The molecule has 0 spiro atoms. The van der Waals surface area contributed by atoms with Gasteiger partial charge in [0.25, 0.3) is 0 Å². The third-order valence-corrected chi connectivity index (χ3v) is 2.26. The van der Waals surface area contributed by atoms with Gasteiger partial charge >= 0.3 is 5.97 Å². The van der Waals surface area contributed by atoms with E-state index in [1.165, 1.54) is 0 Å². The first-order chi connectivity index (χ1) is 7.11. The van der Waals surface area contributed by atoms with Gasteiger partial charge in [-0.1, -0.05) is 13.8 Å². The Labute approximate surface area is 97.5 Å². The van der Waals surface area contributed by atoms with Crippen LogP contribution in [0.4, 0.5) is 0 Å². The van der Waals surface area contributed by atoms with Crippen molar-refractivity contribution < 1.29 is 14.3 Å². The molecule has 0 rings (SSSR count). The lowest BCUT2D eigenvalue weighted by Gasteiger charge is -2.23. The van der Waals surface area contributed by atoms with Crippen LogP contribution < -0.4 is 5.73 Å². The molecule has 0 unspecified atom stereocenters. The monoisotopic (exact) mass is 229 g/mol. The quantitative estimate of drug-likeness (QED) is 0.732. The van der Waals surface area contributed by atoms with Crippen LogP contribution in [0.3, 0.4) is 0 Å². The Kier molecular flexibility index (Phi) is 5.48. The Morgan fingerprint density at radius 1 is 1.19 bits per heavy atom. The molecule has 1 atom stereocenters. The highest BCUT2D eigenvalue weighted by atomic mass is 16.6. The molecule has 94 valence electrons. The van der Waals surface area contributed by atoms with Crippen LogP contribution in [0.25, 0.3) is 0 Å². The summed E-state index contributed by atoms with van der Waals surface area (Å²) in [6.45, 7) is 9.41. The second kappa shape index (κ2) is 5.87. The SMILES string of the molecule is CC(C)[C@H](CC(N)=O)CC(=O)OC(C)(C)C. The summed E-state index contributed by atoms with van der Waals surface area (Å²) in [7, 11) is 0. The second-order valence-corrected chi connectivity index (χ2v) is 5.47. The summed E-state index contributed by atoms with van der Waals surface area (Å²) in [5.41, 5.74) is 4.66. The smallest absolute Gasteiger partial charge is 0.306 e. The Morgan fingerprint density at radius 2 is 1.69 bits per heavy atom. The van der Waals surface area contributed by atoms with E-state index in [0.717, 1.165) is 0 Å². The first-order valence-electron chi connectivity index (χ1n) is 5.62. The van der Waals surface area contributed by atoms with E-state index in [2.05, 4.69) is 0 Å². The van der Waals surface area contributed by atoms with Crippen LogP contribution >= 0.6 is 0 Å². The molecule has 0 saturated heterocycles. The van der Waals surface area contributed by atoms with E-state index < -0.39 is 5.60 Å². The fourth-order valence-electron chi connectivity index (χ4n) is 1.40. The van der Waals surface area contributed by atoms with Crippen LogP contribution in [0.2, 0.25) is 0 Å². The number of amides is 1. The molecule has 0 aromatic rings. The minimum absolute atomic E-state index is 0.0349. The highest BCUT2D eigenvalue weighted by Crippen LogP contribution is 2.21. The van der Waals surface area contributed by atoms with E-state index in [9.17, 15) is 9.59 Å².